The predicted octanol–water partition coefficient (Wildman–Crippen LogP) is 2.11. The summed E-state index contributed by atoms with van der Waals surface area (Å²) < 4.78 is 0.956. The summed E-state index contributed by atoms with van der Waals surface area (Å²) in [5.74, 6) is 0.402. The molecule has 0 bridgehead atoms. The summed E-state index contributed by atoms with van der Waals surface area (Å²) in [4.78, 5) is 14.7. The summed E-state index contributed by atoms with van der Waals surface area (Å²) in [7, 11) is 0. The first-order valence-corrected chi connectivity index (χ1v) is 7.25. The largest absolute Gasteiger partial charge is 0.409 e. The number of amidine groups is 1. The van der Waals surface area contributed by atoms with E-state index in [0.717, 1.165) is 21.5 Å². The molecule has 3 N–H and O–H groups in total. The molecule has 1 amide bonds. The van der Waals surface area contributed by atoms with Crippen LogP contribution in [0.3, 0.4) is 0 Å². The number of likely N-dealkylation sites (tertiary alicyclic amines) is 1. The summed E-state index contributed by atoms with van der Waals surface area (Å²) >= 11 is 4.79. The van der Waals surface area contributed by atoms with Crippen molar-refractivity contribution in [3.63, 3.8) is 0 Å². The molecule has 0 spiro atoms. The van der Waals surface area contributed by atoms with Crippen molar-refractivity contribution in [2.75, 3.05) is 13.1 Å². The zero-order valence-corrected chi connectivity index (χ0v) is 12.1. The van der Waals surface area contributed by atoms with E-state index in [0.29, 0.717) is 13.1 Å². The Hall–Kier alpha value is -1.08. The van der Waals surface area contributed by atoms with Crippen LogP contribution in [-0.4, -0.2) is 34.9 Å². The van der Waals surface area contributed by atoms with Gasteiger partial charge in [-0.2, -0.15) is 0 Å². The molecule has 0 saturated carbocycles. The number of piperidine rings is 1. The molecule has 0 aliphatic carbocycles. The number of halogens is 1. The van der Waals surface area contributed by atoms with Crippen molar-refractivity contribution in [1.29, 1.82) is 0 Å². The molecule has 0 unspecified atom stereocenters. The Morgan fingerprint density at radius 1 is 1.50 bits per heavy atom. The number of carbonyl (C=O) groups excluding carboxylic acids is 1. The molecule has 1 saturated heterocycles. The van der Waals surface area contributed by atoms with Gasteiger partial charge in [0.15, 0.2) is 0 Å². The zero-order chi connectivity index (χ0) is 13.1. The number of nitrogens with two attached hydrogens (primary N) is 1. The van der Waals surface area contributed by atoms with Crippen LogP contribution in [0, 0.1) is 5.92 Å². The Kier molecular flexibility index (Phi) is 4.23. The van der Waals surface area contributed by atoms with Gasteiger partial charge in [-0.05, 0) is 40.9 Å². The third kappa shape index (κ3) is 2.84. The molecule has 0 aromatic carbocycles. The molecule has 5 nitrogen and oxygen atoms in total. The molecule has 1 aliphatic rings. The molecule has 0 atom stereocenters. The van der Waals surface area contributed by atoms with Gasteiger partial charge in [0.2, 0.25) is 0 Å². The molecule has 18 heavy (non-hydrogen) atoms. The number of hydrogen-bond acceptors (Lipinski definition) is 4. The van der Waals surface area contributed by atoms with Gasteiger partial charge in [-0.1, -0.05) is 5.16 Å². The average molecular weight is 332 g/mol. The Labute approximate surface area is 117 Å². The molecule has 2 heterocycles. The SMILES string of the molecule is NC(=NO)C1CCN(C(=O)c2ccc(Br)s2)CC1. The van der Waals surface area contributed by atoms with Gasteiger partial charge in [-0.15, -0.1) is 11.3 Å². The molecule has 1 aliphatic heterocycles. The van der Waals surface area contributed by atoms with Gasteiger partial charge in [0, 0.05) is 19.0 Å². The second-order valence-electron chi connectivity index (χ2n) is 4.20. The molecule has 2 rings (SSSR count). The Morgan fingerprint density at radius 3 is 2.67 bits per heavy atom. The maximum absolute atomic E-state index is 12.2. The lowest BCUT2D eigenvalue weighted by Gasteiger charge is -2.31. The van der Waals surface area contributed by atoms with Crippen LogP contribution >= 0.6 is 27.3 Å². The maximum Gasteiger partial charge on any atom is 0.263 e. The fourth-order valence-corrected chi connectivity index (χ4v) is 3.40. The first-order valence-electron chi connectivity index (χ1n) is 5.64. The van der Waals surface area contributed by atoms with Gasteiger partial charge in [0.25, 0.3) is 5.91 Å². The molecular weight excluding hydrogens is 318 g/mol. The predicted molar refractivity (Wildman–Crippen MR) is 74.1 cm³/mol. The molecular formula is C11H14BrN3O2S. The topological polar surface area (TPSA) is 78.9 Å². The highest BCUT2D eigenvalue weighted by Crippen LogP contribution is 2.25. The van der Waals surface area contributed by atoms with Gasteiger partial charge >= 0.3 is 0 Å². The molecule has 1 aromatic rings. The lowest BCUT2D eigenvalue weighted by Crippen LogP contribution is -2.41. The number of nitrogens with zero attached hydrogens (tertiary/aromatic N) is 2. The van der Waals surface area contributed by atoms with Crippen LogP contribution in [0.1, 0.15) is 22.5 Å². The molecule has 1 aromatic heterocycles. The highest BCUT2D eigenvalue weighted by Gasteiger charge is 2.26. The third-order valence-corrected chi connectivity index (χ3v) is 4.71. The first-order chi connectivity index (χ1) is 8.61. The fourth-order valence-electron chi connectivity index (χ4n) is 2.05. The number of oxime groups is 1. The third-order valence-electron chi connectivity index (χ3n) is 3.10. The minimum atomic E-state index is 0.0589. The standard InChI is InChI=1S/C11H14BrN3O2S/c12-9-2-1-8(18-9)11(16)15-5-3-7(4-6-15)10(13)14-17/h1-2,7,17H,3-6H2,(H2,13,14). The maximum atomic E-state index is 12.2. The second-order valence-corrected chi connectivity index (χ2v) is 6.66. The van der Waals surface area contributed by atoms with Crippen molar-refractivity contribution in [3.05, 3.63) is 20.8 Å². The van der Waals surface area contributed by atoms with Gasteiger partial charge in [-0.3, -0.25) is 4.79 Å². The number of amides is 1. The van der Waals surface area contributed by atoms with Crippen LogP contribution in [0.4, 0.5) is 0 Å². The fraction of sp³-hybridized carbons (Fsp3) is 0.455. The second kappa shape index (κ2) is 5.71. The van der Waals surface area contributed by atoms with Gasteiger partial charge in [0.05, 0.1) is 8.66 Å². The van der Waals surface area contributed by atoms with E-state index in [1.807, 2.05) is 17.0 Å². The smallest absolute Gasteiger partial charge is 0.263 e. The van der Waals surface area contributed by atoms with Crippen LogP contribution in [-0.2, 0) is 0 Å². The van der Waals surface area contributed by atoms with Gasteiger partial charge in [0.1, 0.15) is 5.84 Å². The van der Waals surface area contributed by atoms with E-state index in [4.69, 9.17) is 10.9 Å². The summed E-state index contributed by atoms with van der Waals surface area (Å²) in [5, 5.41) is 11.7. The average Bonchev–Trinajstić information content (AvgIpc) is 2.84. The minimum Gasteiger partial charge on any atom is -0.409 e. The van der Waals surface area contributed by atoms with Crippen molar-refractivity contribution in [3.8, 4) is 0 Å². The number of carbonyl (C=O) groups is 1. The summed E-state index contributed by atoms with van der Waals surface area (Å²) in [6.07, 6.45) is 1.49. The summed E-state index contributed by atoms with van der Waals surface area (Å²) in [6, 6.07) is 3.70. The van der Waals surface area contributed by atoms with Gasteiger partial charge in [-0.25, -0.2) is 0 Å². The number of thiophene rings is 1. The van der Waals surface area contributed by atoms with E-state index in [-0.39, 0.29) is 17.7 Å². The highest BCUT2D eigenvalue weighted by molar-refractivity contribution is 9.11. The Bertz CT molecular complexity index is 467. The molecule has 98 valence electrons. The van der Waals surface area contributed by atoms with E-state index in [1.165, 1.54) is 11.3 Å². The minimum absolute atomic E-state index is 0.0589. The van der Waals surface area contributed by atoms with Crippen LogP contribution < -0.4 is 5.73 Å². The molecule has 1 fully saturated rings. The normalized spacial score (nSPS) is 18.1. The van der Waals surface area contributed by atoms with E-state index in [2.05, 4.69) is 21.1 Å². The van der Waals surface area contributed by atoms with Crippen LogP contribution in [0.25, 0.3) is 0 Å². The lowest BCUT2D eigenvalue weighted by atomic mass is 9.96. The van der Waals surface area contributed by atoms with Crippen molar-refractivity contribution < 1.29 is 10.0 Å². The van der Waals surface area contributed by atoms with E-state index in [1.54, 1.807) is 0 Å². The van der Waals surface area contributed by atoms with Crippen LogP contribution in [0.5, 0.6) is 0 Å². The highest BCUT2D eigenvalue weighted by atomic mass is 79.9. The molecule has 0 radical (unpaired) electrons. The van der Waals surface area contributed by atoms with Gasteiger partial charge < -0.3 is 15.8 Å². The van der Waals surface area contributed by atoms with Crippen molar-refractivity contribution in [1.82, 2.24) is 4.90 Å². The Morgan fingerprint density at radius 2 is 2.17 bits per heavy atom. The Balaban J connectivity index is 1.96. The monoisotopic (exact) mass is 331 g/mol. The van der Waals surface area contributed by atoms with Crippen molar-refractivity contribution >= 4 is 39.0 Å². The van der Waals surface area contributed by atoms with Crippen molar-refractivity contribution in [2.45, 2.75) is 12.8 Å². The summed E-state index contributed by atoms with van der Waals surface area (Å²) in [6.45, 7) is 1.30. The van der Waals surface area contributed by atoms with E-state index >= 15 is 0 Å². The zero-order valence-electron chi connectivity index (χ0n) is 9.67. The van der Waals surface area contributed by atoms with Crippen molar-refractivity contribution in [2.24, 2.45) is 16.8 Å². The lowest BCUT2D eigenvalue weighted by molar-refractivity contribution is 0.0714. The molecule has 7 heteroatoms. The number of rotatable bonds is 2. The van der Waals surface area contributed by atoms with E-state index < -0.39 is 0 Å². The summed E-state index contributed by atoms with van der Waals surface area (Å²) in [5.41, 5.74) is 5.58. The van der Waals surface area contributed by atoms with Crippen LogP contribution in [0.2, 0.25) is 0 Å². The van der Waals surface area contributed by atoms with Crippen LogP contribution in [0.15, 0.2) is 21.1 Å². The van der Waals surface area contributed by atoms with E-state index in [9.17, 15) is 4.79 Å². The first kappa shape index (κ1) is 13.4. The quantitative estimate of drug-likeness (QED) is 0.377. The number of hydrogen-bond donors (Lipinski definition) is 2.